The molecule has 0 aromatic heterocycles. The van der Waals surface area contributed by atoms with Crippen LogP contribution in [-0.2, 0) is 4.79 Å². The molecule has 0 spiro atoms. The second-order valence-electron chi connectivity index (χ2n) is 1.77. The predicted molar refractivity (Wildman–Crippen MR) is 42.3 cm³/mol. The fourth-order valence-corrected chi connectivity index (χ4v) is 0.803. The third-order valence-electron chi connectivity index (χ3n) is 0.786. The monoisotopic (exact) mass is 144 g/mol. The van der Waals surface area contributed by atoms with Crippen molar-refractivity contribution in [3.05, 3.63) is 11.5 Å². The maximum atomic E-state index is 10.3. The van der Waals surface area contributed by atoms with E-state index in [2.05, 4.69) is 6.92 Å². The van der Waals surface area contributed by atoms with Gasteiger partial charge in [0.2, 0.25) is 0 Å². The summed E-state index contributed by atoms with van der Waals surface area (Å²) in [5.74, 6) is 0. The van der Waals surface area contributed by atoms with Crippen molar-refractivity contribution >= 4 is 16.9 Å². The van der Waals surface area contributed by atoms with E-state index in [9.17, 15) is 4.79 Å². The van der Waals surface area contributed by atoms with Gasteiger partial charge in [-0.05, 0) is 11.8 Å². The van der Waals surface area contributed by atoms with Crippen molar-refractivity contribution in [3.63, 3.8) is 0 Å². The second kappa shape index (κ2) is 5.89. The normalized spacial score (nSPS) is 10.4. The molecule has 0 radical (unpaired) electrons. The second-order valence-corrected chi connectivity index (χ2v) is 2.85. The molecule has 0 aromatic rings. The summed E-state index contributed by atoms with van der Waals surface area (Å²) in [6, 6.07) is 0. The summed E-state index contributed by atoms with van der Waals surface area (Å²) in [6.07, 6.45) is 4.24. The fourth-order valence-electron chi connectivity index (χ4n) is 0.379. The molecule has 0 saturated heterocycles. The molecule has 0 unspecified atom stereocenters. The van der Waals surface area contributed by atoms with Gasteiger partial charge in [-0.15, -0.1) is 0 Å². The molecule has 0 rings (SSSR count). The van der Waals surface area contributed by atoms with Crippen LogP contribution in [0.25, 0.3) is 0 Å². The molecule has 52 valence electrons. The molecule has 0 amide bonds. The molecule has 0 N–H and O–H groups in total. The van der Waals surface area contributed by atoms with Crippen molar-refractivity contribution in [3.8, 4) is 0 Å². The quantitative estimate of drug-likeness (QED) is 0.605. The zero-order valence-corrected chi connectivity index (χ0v) is 6.70. The molecular weight excluding hydrogens is 132 g/mol. The van der Waals surface area contributed by atoms with Crippen molar-refractivity contribution in [2.75, 3.05) is 0 Å². The maximum absolute atomic E-state index is 10.3. The average molecular weight is 144 g/mol. The summed E-state index contributed by atoms with van der Waals surface area (Å²) in [6.45, 7) is 3.68. The Labute approximate surface area is 60.5 Å². The van der Waals surface area contributed by atoms with Gasteiger partial charge in [-0.25, -0.2) is 0 Å². The topological polar surface area (TPSA) is 17.1 Å². The van der Waals surface area contributed by atoms with Gasteiger partial charge in [0.05, 0.1) is 0 Å². The largest absolute Gasteiger partial charge is 0.287 e. The minimum absolute atomic E-state index is 0.155. The van der Waals surface area contributed by atoms with Crippen LogP contribution in [0.4, 0.5) is 0 Å². The highest BCUT2D eigenvalue weighted by atomic mass is 32.2. The van der Waals surface area contributed by atoms with Gasteiger partial charge >= 0.3 is 0 Å². The van der Waals surface area contributed by atoms with E-state index in [0.717, 1.165) is 12.8 Å². The van der Waals surface area contributed by atoms with Crippen molar-refractivity contribution in [2.45, 2.75) is 26.7 Å². The lowest BCUT2D eigenvalue weighted by Crippen LogP contribution is -1.73. The van der Waals surface area contributed by atoms with E-state index in [1.165, 1.54) is 11.8 Å². The van der Waals surface area contributed by atoms with Gasteiger partial charge in [0.1, 0.15) is 0 Å². The highest BCUT2D eigenvalue weighted by Crippen LogP contribution is 2.03. The highest BCUT2D eigenvalue weighted by Gasteiger charge is 1.84. The minimum atomic E-state index is 0.155. The van der Waals surface area contributed by atoms with Gasteiger partial charge < -0.3 is 0 Å². The van der Waals surface area contributed by atoms with Crippen LogP contribution in [0.2, 0.25) is 0 Å². The molecular formula is C7H12OS. The first-order valence-electron chi connectivity index (χ1n) is 3.09. The number of hydrogen-bond donors (Lipinski definition) is 0. The number of thioether (sulfide) groups is 1. The molecule has 0 aliphatic carbocycles. The van der Waals surface area contributed by atoms with Crippen LogP contribution in [0, 0.1) is 0 Å². The Morgan fingerprint density at radius 3 is 2.78 bits per heavy atom. The van der Waals surface area contributed by atoms with Gasteiger partial charge in [0.25, 0.3) is 0 Å². The Balaban J connectivity index is 3.14. The van der Waals surface area contributed by atoms with E-state index >= 15 is 0 Å². The predicted octanol–water partition coefficient (Wildman–Crippen LogP) is 2.58. The first kappa shape index (κ1) is 8.76. The molecule has 1 nitrogen and oxygen atoms in total. The third kappa shape index (κ3) is 7.76. The van der Waals surface area contributed by atoms with Crippen LogP contribution in [0.3, 0.4) is 0 Å². The zero-order chi connectivity index (χ0) is 7.11. The van der Waals surface area contributed by atoms with Crippen molar-refractivity contribution < 1.29 is 4.79 Å². The Hall–Kier alpha value is -0.240. The van der Waals surface area contributed by atoms with Gasteiger partial charge in [-0.1, -0.05) is 31.2 Å². The van der Waals surface area contributed by atoms with Gasteiger partial charge in [-0.3, -0.25) is 4.79 Å². The Morgan fingerprint density at radius 1 is 1.67 bits per heavy atom. The molecule has 9 heavy (non-hydrogen) atoms. The molecule has 0 aliphatic heterocycles. The summed E-state index contributed by atoms with van der Waals surface area (Å²) in [5, 5.41) is 2.01. The maximum Gasteiger partial charge on any atom is 0.190 e. The SMILES string of the molecule is CCC/C=C/SC(C)=O. The Bertz CT molecular complexity index is 107. The third-order valence-corrected chi connectivity index (χ3v) is 1.45. The van der Waals surface area contributed by atoms with Crippen molar-refractivity contribution in [1.82, 2.24) is 0 Å². The molecule has 0 heterocycles. The molecule has 0 saturated carbocycles. The van der Waals surface area contributed by atoms with E-state index in [1.54, 1.807) is 6.92 Å². The first-order chi connectivity index (χ1) is 4.27. The van der Waals surface area contributed by atoms with Crippen LogP contribution in [0.15, 0.2) is 11.5 Å². The van der Waals surface area contributed by atoms with Crippen LogP contribution < -0.4 is 0 Å². The summed E-state index contributed by atoms with van der Waals surface area (Å²) in [7, 11) is 0. The summed E-state index contributed by atoms with van der Waals surface area (Å²) >= 11 is 1.25. The lowest BCUT2D eigenvalue weighted by molar-refractivity contribution is -0.109. The van der Waals surface area contributed by atoms with Gasteiger partial charge in [0.15, 0.2) is 5.12 Å². The van der Waals surface area contributed by atoms with Crippen LogP contribution in [-0.4, -0.2) is 5.12 Å². The lowest BCUT2D eigenvalue weighted by Gasteiger charge is -1.83. The van der Waals surface area contributed by atoms with E-state index < -0.39 is 0 Å². The Morgan fingerprint density at radius 2 is 2.33 bits per heavy atom. The highest BCUT2D eigenvalue weighted by molar-refractivity contribution is 8.16. The van der Waals surface area contributed by atoms with Crippen LogP contribution in [0.5, 0.6) is 0 Å². The minimum Gasteiger partial charge on any atom is -0.287 e. The average Bonchev–Trinajstić information content (AvgIpc) is 1.80. The molecule has 0 aliphatic rings. The van der Waals surface area contributed by atoms with E-state index in [0.29, 0.717) is 0 Å². The first-order valence-corrected chi connectivity index (χ1v) is 3.97. The molecule has 2 heteroatoms. The van der Waals surface area contributed by atoms with E-state index in [-0.39, 0.29) is 5.12 Å². The number of rotatable bonds is 3. The molecule has 0 bridgehead atoms. The van der Waals surface area contributed by atoms with E-state index in [4.69, 9.17) is 0 Å². The summed E-state index contributed by atoms with van der Waals surface area (Å²) in [4.78, 5) is 10.3. The Kier molecular flexibility index (Phi) is 5.73. The van der Waals surface area contributed by atoms with Crippen LogP contribution in [0.1, 0.15) is 26.7 Å². The number of unbranched alkanes of at least 4 members (excludes halogenated alkanes) is 1. The van der Waals surface area contributed by atoms with Crippen molar-refractivity contribution in [1.29, 1.82) is 0 Å². The number of carbonyl (C=O) groups excluding carboxylic acids is 1. The fraction of sp³-hybridized carbons (Fsp3) is 0.571. The summed E-state index contributed by atoms with van der Waals surface area (Å²) < 4.78 is 0. The standard InChI is InChI=1S/C7H12OS/c1-3-4-5-6-9-7(2)8/h5-6H,3-4H2,1-2H3/b6-5+. The zero-order valence-electron chi connectivity index (χ0n) is 5.89. The molecule has 0 atom stereocenters. The van der Waals surface area contributed by atoms with Crippen LogP contribution >= 0.6 is 11.8 Å². The number of hydrogen-bond acceptors (Lipinski definition) is 2. The number of carbonyl (C=O) groups is 1. The van der Waals surface area contributed by atoms with Gasteiger partial charge in [0, 0.05) is 6.92 Å². The smallest absolute Gasteiger partial charge is 0.190 e. The number of allylic oxidation sites excluding steroid dienone is 1. The lowest BCUT2D eigenvalue weighted by atomic mass is 10.3. The molecule has 0 aromatic carbocycles. The van der Waals surface area contributed by atoms with E-state index in [1.807, 2.05) is 11.5 Å². The summed E-state index contributed by atoms with van der Waals surface area (Å²) in [5.41, 5.74) is 0. The molecule has 0 fully saturated rings. The van der Waals surface area contributed by atoms with Gasteiger partial charge in [-0.2, -0.15) is 0 Å². The van der Waals surface area contributed by atoms with Crippen molar-refractivity contribution in [2.24, 2.45) is 0 Å².